The molecule has 0 unspecified atom stereocenters. The summed E-state index contributed by atoms with van der Waals surface area (Å²) in [5.41, 5.74) is -0.231. The van der Waals surface area contributed by atoms with E-state index in [1.165, 1.54) is 19.5 Å². The van der Waals surface area contributed by atoms with Crippen molar-refractivity contribution >= 4 is 5.78 Å². The summed E-state index contributed by atoms with van der Waals surface area (Å²) in [6.07, 6.45) is 5.01. The van der Waals surface area contributed by atoms with Crippen LogP contribution < -0.4 is 0 Å². The molecule has 0 aromatic carbocycles. The zero-order chi connectivity index (χ0) is 9.90. The van der Waals surface area contributed by atoms with Gasteiger partial charge in [-0.1, -0.05) is 26.8 Å². The van der Waals surface area contributed by atoms with Crippen LogP contribution in [-0.4, -0.2) is 30.3 Å². The molecule has 1 saturated heterocycles. The van der Waals surface area contributed by atoms with Crippen LogP contribution in [0.25, 0.3) is 0 Å². The van der Waals surface area contributed by atoms with Gasteiger partial charge < -0.3 is 0 Å². The van der Waals surface area contributed by atoms with Gasteiger partial charge in [0.05, 0.1) is 0 Å². The van der Waals surface area contributed by atoms with Crippen LogP contribution in [0.4, 0.5) is 0 Å². The highest BCUT2D eigenvalue weighted by Crippen LogP contribution is 2.15. The molecule has 0 N–H and O–H groups in total. The Morgan fingerprint density at radius 1 is 1.38 bits per heavy atom. The van der Waals surface area contributed by atoms with E-state index in [2.05, 4.69) is 4.90 Å². The molecule has 0 aliphatic carbocycles. The van der Waals surface area contributed by atoms with Gasteiger partial charge in [0, 0.05) is 12.0 Å². The highest BCUT2D eigenvalue weighted by molar-refractivity contribution is 5.93. The van der Waals surface area contributed by atoms with E-state index in [0.717, 1.165) is 6.54 Å². The molecule has 2 nitrogen and oxygen atoms in total. The van der Waals surface area contributed by atoms with Gasteiger partial charge in [-0.05, 0) is 25.6 Å². The van der Waals surface area contributed by atoms with Crippen molar-refractivity contribution in [2.45, 2.75) is 27.2 Å². The molecule has 0 aromatic heterocycles. The number of hydrogen-bond acceptors (Lipinski definition) is 2. The van der Waals surface area contributed by atoms with Crippen molar-refractivity contribution < 1.29 is 4.79 Å². The maximum absolute atomic E-state index is 11.4. The molecule has 0 saturated carbocycles. The van der Waals surface area contributed by atoms with Gasteiger partial charge in [0.25, 0.3) is 0 Å². The molecule has 74 valence electrons. The van der Waals surface area contributed by atoms with Crippen molar-refractivity contribution in [3.8, 4) is 0 Å². The average Bonchev–Trinajstić information content (AvgIpc) is 1.91. The molecular formula is C11H19NO. The van der Waals surface area contributed by atoms with Crippen molar-refractivity contribution in [3.63, 3.8) is 0 Å². The Morgan fingerprint density at radius 2 is 2.00 bits per heavy atom. The third-order valence-electron chi connectivity index (χ3n) is 2.32. The van der Waals surface area contributed by atoms with Crippen LogP contribution in [0.3, 0.4) is 0 Å². The van der Waals surface area contributed by atoms with E-state index >= 15 is 0 Å². The maximum atomic E-state index is 11.4. The first-order valence-electron chi connectivity index (χ1n) is 4.93. The van der Waals surface area contributed by atoms with Gasteiger partial charge in [-0.25, -0.2) is 0 Å². The number of rotatable bonds is 3. The largest absolute Gasteiger partial charge is 0.300 e. The van der Waals surface area contributed by atoms with Crippen LogP contribution >= 0.6 is 0 Å². The van der Waals surface area contributed by atoms with E-state index in [9.17, 15) is 4.79 Å². The molecule has 0 bridgehead atoms. The lowest BCUT2D eigenvalue weighted by molar-refractivity contribution is -0.121. The normalized spacial score (nSPS) is 19.0. The van der Waals surface area contributed by atoms with Crippen molar-refractivity contribution in [1.29, 1.82) is 0 Å². The summed E-state index contributed by atoms with van der Waals surface area (Å²) >= 11 is 0. The minimum absolute atomic E-state index is 0.216. The zero-order valence-electron chi connectivity index (χ0n) is 8.84. The molecule has 1 fully saturated rings. The molecule has 0 spiro atoms. The van der Waals surface area contributed by atoms with Gasteiger partial charge in [0.1, 0.15) is 0 Å². The average molecular weight is 181 g/mol. The third-order valence-corrected chi connectivity index (χ3v) is 2.32. The minimum Gasteiger partial charge on any atom is -0.300 e. The molecule has 1 aliphatic heterocycles. The van der Waals surface area contributed by atoms with Crippen LogP contribution in [-0.2, 0) is 4.79 Å². The lowest BCUT2D eigenvalue weighted by Gasteiger charge is -2.29. The Balaban J connectivity index is 2.26. The van der Waals surface area contributed by atoms with Crippen molar-refractivity contribution in [2.75, 3.05) is 19.6 Å². The van der Waals surface area contributed by atoms with E-state index in [1.807, 2.05) is 26.8 Å². The van der Waals surface area contributed by atoms with Crippen molar-refractivity contribution in [1.82, 2.24) is 4.90 Å². The van der Waals surface area contributed by atoms with Gasteiger partial charge in [0.15, 0.2) is 5.78 Å². The monoisotopic (exact) mass is 181 g/mol. The first-order valence-corrected chi connectivity index (χ1v) is 4.93. The Labute approximate surface area is 80.6 Å². The van der Waals surface area contributed by atoms with Gasteiger partial charge in [-0.2, -0.15) is 0 Å². The lowest BCUT2D eigenvalue weighted by atomic mass is 9.91. The molecular weight excluding hydrogens is 162 g/mol. The number of carbonyl (C=O) groups excluding carboxylic acids is 1. The van der Waals surface area contributed by atoms with E-state index in [-0.39, 0.29) is 11.2 Å². The quantitative estimate of drug-likeness (QED) is 0.619. The van der Waals surface area contributed by atoms with Crippen molar-refractivity contribution in [2.24, 2.45) is 5.41 Å². The number of nitrogens with zero attached hydrogens (tertiary/aromatic N) is 1. The second-order valence-electron chi connectivity index (χ2n) is 4.67. The van der Waals surface area contributed by atoms with Crippen LogP contribution in [0, 0.1) is 5.41 Å². The fourth-order valence-electron chi connectivity index (χ4n) is 1.12. The number of likely N-dealkylation sites (tertiary alicyclic amines) is 1. The fourth-order valence-corrected chi connectivity index (χ4v) is 1.12. The molecule has 13 heavy (non-hydrogen) atoms. The van der Waals surface area contributed by atoms with Crippen LogP contribution in [0.5, 0.6) is 0 Å². The Hall–Kier alpha value is -0.630. The third kappa shape index (κ3) is 3.31. The molecule has 1 rings (SSSR count). The SMILES string of the molecule is CC(C)(C)C(=O)/C=C/CN1CCC1. The van der Waals surface area contributed by atoms with E-state index in [1.54, 1.807) is 6.08 Å². The van der Waals surface area contributed by atoms with Gasteiger partial charge in [-0.3, -0.25) is 9.69 Å². The molecule has 0 atom stereocenters. The number of allylic oxidation sites excluding steroid dienone is 1. The highest BCUT2D eigenvalue weighted by Gasteiger charge is 2.18. The van der Waals surface area contributed by atoms with Crippen LogP contribution in [0.1, 0.15) is 27.2 Å². The van der Waals surface area contributed by atoms with E-state index < -0.39 is 0 Å². The van der Waals surface area contributed by atoms with E-state index in [0.29, 0.717) is 0 Å². The Bertz CT molecular complexity index is 209. The lowest BCUT2D eigenvalue weighted by Crippen LogP contribution is -2.37. The molecule has 0 amide bonds. The summed E-state index contributed by atoms with van der Waals surface area (Å²) in [4.78, 5) is 13.8. The topological polar surface area (TPSA) is 20.3 Å². The summed E-state index contributed by atoms with van der Waals surface area (Å²) in [6.45, 7) is 9.15. The van der Waals surface area contributed by atoms with Crippen molar-refractivity contribution in [3.05, 3.63) is 12.2 Å². The first-order chi connectivity index (χ1) is 6.00. The molecule has 0 radical (unpaired) electrons. The Kier molecular flexibility index (Phi) is 3.26. The molecule has 2 heteroatoms. The van der Waals surface area contributed by atoms with E-state index in [4.69, 9.17) is 0 Å². The van der Waals surface area contributed by atoms with Crippen LogP contribution in [0.15, 0.2) is 12.2 Å². The summed E-state index contributed by atoms with van der Waals surface area (Å²) in [6, 6.07) is 0. The maximum Gasteiger partial charge on any atom is 0.160 e. The number of hydrogen-bond donors (Lipinski definition) is 0. The second kappa shape index (κ2) is 4.05. The van der Waals surface area contributed by atoms with Gasteiger partial charge in [-0.15, -0.1) is 0 Å². The van der Waals surface area contributed by atoms with Gasteiger partial charge >= 0.3 is 0 Å². The Morgan fingerprint density at radius 3 is 2.38 bits per heavy atom. The molecule has 1 heterocycles. The predicted molar refractivity (Wildman–Crippen MR) is 54.7 cm³/mol. The smallest absolute Gasteiger partial charge is 0.160 e. The van der Waals surface area contributed by atoms with Crippen LogP contribution in [0.2, 0.25) is 0 Å². The highest BCUT2D eigenvalue weighted by atomic mass is 16.1. The minimum atomic E-state index is -0.231. The first kappa shape index (κ1) is 10.5. The van der Waals surface area contributed by atoms with Gasteiger partial charge in [0.2, 0.25) is 0 Å². The summed E-state index contributed by atoms with van der Waals surface area (Å²) in [7, 11) is 0. The zero-order valence-corrected chi connectivity index (χ0v) is 8.84. The second-order valence-corrected chi connectivity index (χ2v) is 4.67. The molecule has 0 aromatic rings. The standard InChI is InChI=1S/C11H19NO/c1-11(2,3)10(13)6-4-7-12-8-5-9-12/h4,6H,5,7-9H2,1-3H3/b6-4+. The fraction of sp³-hybridized carbons (Fsp3) is 0.727. The summed E-state index contributed by atoms with van der Waals surface area (Å²) < 4.78 is 0. The predicted octanol–water partition coefficient (Wildman–Crippen LogP) is 1.86. The molecule has 1 aliphatic rings. The number of carbonyl (C=O) groups is 1. The summed E-state index contributed by atoms with van der Waals surface area (Å²) in [5, 5.41) is 0. The number of ketones is 1. The summed E-state index contributed by atoms with van der Waals surface area (Å²) in [5.74, 6) is 0.216.